The van der Waals surface area contributed by atoms with Crippen molar-refractivity contribution in [1.82, 2.24) is 4.90 Å². The zero-order valence-electron chi connectivity index (χ0n) is 18.9. The molecule has 0 spiro atoms. The number of benzene rings is 2. The first-order valence-electron chi connectivity index (χ1n) is 12.3. The lowest BCUT2D eigenvalue weighted by Crippen LogP contribution is -2.49. The quantitative estimate of drug-likeness (QED) is 0.562. The smallest absolute Gasteiger partial charge is 0.0367 e. The standard InChI is InChI=1S/C28H36N2.ClH/c1-29-11-13-30(14-12-29)26-9-7-25(8-10-26)27(24-5-3-2-4-6-24)28-18-21-15-22(19-28)17-23(16-21)20-28;/h2-10,21-23,27H,11-20H2,1H3;1H. The molecule has 5 aliphatic rings. The van der Waals surface area contributed by atoms with Gasteiger partial charge in [-0.2, -0.15) is 0 Å². The summed E-state index contributed by atoms with van der Waals surface area (Å²) in [4.78, 5) is 5.00. The second-order valence-electron chi connectivity index (χ2n) is 11.0. The molecule has 2 aromatic carbocycles. The Hall–Kier alpha value is -1.51. The molecule has 166 valence electrons. The van der Waals surface area contributed by atoms with Crippen LogP contribution in [0.5, 0.6) is 0 Å². The van der Waals surface area contributed by atoms with E-state index in [1.807, 2.05) is 0 Å². The molecule has 5 fully saturated rings. The number of rotatable bonds is 4. The normalized spacial score (nSPS) is 33.2. The van der Waals surface area contributed by atoms with Crippen molar-refractivity contribution in [1.29, 1.82) is 0 Å². The van der Waals surface area contributed by atoms with Crippen molar-refractivity contribution in [3.8, 4) is 0 Å². The molecule has 1 atom stereocenters. The van der Waals surface area contributed by atoms with Gasteiger partial charge in [-0.3, -0.25) is 0 Å². The highest BCUT2D eigenvalue weighted by atomic mass is 35.5. The van der Waals surface area contributed by atoms with Crippen LogP contribution in [0.15, 0.2) is 54.6 Å². The Balaban J connectivity index is 0.00000204. The van der Waals surface area contributed by atoms with Crippen molar-refractivity contribution in [2.75, 3.05) is 38.1 Å². The summed E-state index contributed by atoms with van der Waals surface area (Å²) >= 11 is 0. The van der Waals surface area contributed by atoms with E-state index in [0.29, 0.717) is 11.3 Å². The average Bonchev–Trinajstić information content (AvgIpc) is 2.75. The number of piperazine rings is 1. The van der Waals surface area contributed by atoms with Crippen molar-refractivity contribution in [3.05, 3.63) is 65.7 Å². The zero-order chi connectivity index (χ0) is 20.1. The Morgan fingerprint density at radius 1 is 0.710 bits per heavy atom. The number of halogens is 1. The molecular weight excluding hydrogens is 400 g/mol. The van der Waals surface area contributed by atoms with Crippen LogP contribution in [0.2, 0.25) is 0 Å². The summed E-state index contributed by atoms with van der Waals surface area (Å²) < 4.78 is 0. The van der Waals surface area contributed by atoms with Crippen LogP contribution in [-0.2, 0) is 0 Å². The van der Waals surface area contributed by atoms with Crippen molar-refractivity contribution in [2.45, 2.75) is 44.4 Å². The maximum absolute atomic E-state index is 2.56. The Morgan fingerprint density at radius 2 is 1.23 bits per heavy atom. The molecule has 4 saturated carbocycles. The van der Waals surface area contributed by atoms with E-state index in [2.05, 4.69) is 71.4 Å². The van der Waals surface area contributed by atoms with E-state index in [-0.39, 0.29) is 12.4 Å². The molecule has 4 aliphatic carbocycles. The van der Waals surface area contributed by atoms with Gasteiger partial charge in [0.15, 0.2) is 0 Å². The lowest BCUT2D eigenvalue weighted by atomic mass is 9.45. The van der Waals surface area contributed by atoms with Gasteiger partial charge in [0.2, 0.25) is 0 Å². The van der Waals surface area contributed by atoms with Crippen LogP contribution in [0.3, 0.4) is 0 Å². The maximum Gasteiger partial charge on any atom is 0.0367 e. The first-order chi connectivity index (χ1) is 14.7. The fourth-order valence-electron chi connectivity index (χ4n) is 8.02. The lowest BCUT2D eigenvalue weighted by Gasteiger charge is -2.60. The molecule has 0 N–H and O–H groups in total. The Bertz CT molecular complexity index is 834. The average molecular weight is 437 g/mol. The Labute approximate surface area is 194 Å². The molecule has 1 heterocycles. The molecule has 31 heavy (non-hydrogen) atoms. The third-order valence-electron chi connectivity index (χ3n) is 8.93. The van der Waals surface area contributed by atoms with Crippen molar-refractivity contribution in [2.24, 2.45) is 23.2 Å². The molecule has 1 aliphatic heterocycles. The van der Waals surface area contributed by atoms with Crippen LogP contribution in [0.1, 0.15) is 55.6 Å². The van der Waals surface area contributed by atoms with Gasteiger partial charge in [0.25, 0.3) is 0 Å². The molecule has 3 heteroatoms. The molecule has 0 aromatic heterocycles. The van der Waals surface area contributed by atoms with E-state index in [4.69, 9.17) is 0 Å². The minimum Gasteiger partial charge on any atom is -0.369 e. The minimum absolute atomic E-state index is 0. The van der Waals surface area contributed by atoms with E-state index < -0.39 is 0 Å². The number of anilines is 1. The molecule has 2 aromatic rings. The van der Waals surface area contributed by atoms with Crippen LogP contribution in [0.25, 0.3) is 0 Å². The summed E-state index contributed by atoms with van der Waals surface area (Å²) in [5, 5.41) is 0. The number of hydrogen-bond donors (Lipinski definition) is 0. The van der Waals surface area contributed by atoms with E-state index >= 15 is 0 Å². The number of likely N-dealkylation sites (N-methyl/N-ethyl adjacent to an activating group) is 1. The highest BCUT2D eigenvalue weighted by Gasteiger charge is 2.54. The molecule has 4 bridgehead atoms. The fourth-order valence-corrected chi connectivity index (χ4v) is 8.02. The molecule has 1 unspecified atom stereocenters. The van der Waals surface area contributed by atoms with E-state index in [9.17, 15) is 0 Å². The predicted octanol–water partition coefficient (Wildman–Crippen LogP) is 6.21. The number of hydrogen-bond acceptors (Lipinski definition) is 2. The minimum atomic E-state index is 0. The van der Waals surface area contributed by atoms with Gasteiger partial charge in [-0.1, -0.05) is 42.5 Å². The van der Waals surface area contributed by atoms with E-state index in [1.165, 1.54) is 57.3 Å². The Kier molecular flexibility index (Phi) is 5.81. The predicted molar refractivity (Wildman–Crippen MR) is 132 cm³/mol. The number of nitrogens with zero attached hydrogens (tertiary/aromatic N) is 2. The molecule has 7 rings (SSSR count). The van der Waals surface area contributed by atoms with Crippen LogP contribution < -0.4 is 4.90 Å². The summed E-state index contributed by atoms with van der Waals surface area (Å²) in [5.74, 6) is 3.54. The molecule has 1 saturated heterocycles. The van der Waals surface area contributed by atoms with Gasteiger partial charge < -0.3 is 9.80 Å². The van der Waals surface area contributed by atoms with Gasteiger partial charge in [0.1, 0.15) is 0 Å². The first kappa shape index (κ1) is 21.3. The SMILES string of the molecule is CN1CCN(c2ccc(C(c3ccccc3)C34CC5CC(CC(C5)C3)C4)cc2)CC1.Cl. The van der Waals surface area contributed by atoms with Gasteiger partial charge in [-0.15, -0.1) is 12.4 Å². The third kappa shape index (κ3) is 3.91. The van der Waals surface area contributed by atoms with Gasteiger partial charge >= 0.3 is 0 Å². The highest BCUT2D eigenvalue weighted by molar-refractivity contribution is 5.85. The van der Waals surface area contributed by atoms with E-state index in [1.54, 1.807) is 11.1 Å². The monoisotopic (exact) mass is 436 g/mol. The third-order valence-corrected chi connectivity index (χ3v) is 8.93. The van der Waals surface area contributed by atoms with Gasteiger partial charge in [-0.25, -0.2) is 0 Å². The second-order valence-corrected chi connectivity index (χ2v) is 11.0. The second kappa shape index (κ2) is 8.45. The van der Waals surface area contributed by atoms with Crippen molar-refractivity contribution < 1.29 is 0 Å². The highest BCUT2D eigenvalue weighted by Crippen LogP contribution is 2.65. The zero-order valence-corrected chi connectivity index (χ0v) is 19.7. The molecule has 0 amide bonds. The van der Waals surface area contributed by atoms with E-state index in [0.717, 1.165) is 30.8 Å². The van der Waals surface area contributed by atoms with Gasteiger partial charge in [0, 0.05) is 37.8 Å². The van der Waals surface area contributed by atoms with Crippen molar-refractivity contribution in [3.63, 3.8) is 0 Å². The van der Waals surface area contributed by atoms with Crippen LogP contribution in [0, 0.1) is 23.2 Å². The molecular formula is C28H37ClN2. The van der Waals surface area contributed by atoms with Gasteiger partial charge in [-0.05, 0) is 92.0 Å². The van der Waals surface area contributed by atoms with Crippen molar-refractivity contribution >= 4 is 18.1 Å². The molecule has 2 nitrogen and oxygen atoms in total. The summed E-state index contributed by atoms with van der Waals surface area (Å²) in [6, 6.07) is 21.3. The molecule has 0 radical (unpaired) electrons. The fraction of sp³-hybridized carbons (Fsp3) is 0.571. The Morgan fingerprint density at radius 3 is 1.77 bits per heavy atom. The summed E-state index contributed by atoms with van der Waals surface area (Å²) in [6.07, 6.45) is 8.92. The summed E-state index contributed by atoms with van der Waals surface area (Å²) in [7, 11) is 2.23. The van der Waals surface area contributed by atoms with Crippen LogP contribution in [-0.4, -0.2) is 38.1 Å². The van der Waals surface area contributed by atoms with Crippen LogP contribution >= 0.6 is 12.4 Å². The topological polar surface area (TPSA) is 6.48 Å². The summed E-state index contributed by atoms with van der Waals surface area (Å²) in [5.41, 5.74) is 5.00. The first-order valence-corrected chi connectivity index (χ1v) is 12.3. The van der Waals surface area contributed by atoms with Gasteiger partial charge in [0.05, 0.1) is 0 Å². The summed E-state index contributed by atoms with van der Waals surface area (Å²) in [6.45, 7) is 4.63. The van der Waals surface area contributed by atoms with Crippen LogP contribution in [0.4, 0.5) is 5.69 Å². The maximum atomic E-state index is 2.56. The lowest BCUT2D eigenvalue weighted by molar-refractivity contribution is -0.0618. The largest absolute Gasteiger partial charge is 0.369 e.